The van der Waals surface area contributed by atoms with Gasteiger partial charge in [-0.05, 0) is 40.5 Å². The fourth-order valence-electron chi connectivity index (χ4n) is 1.47. The summed E-state index contributed by atoms with van der Waals surface area (Å²) in [6, 6.07) is 6.54. The normalized spacial score (nSPS) is 11.7. The molecule has 0 saturated carbocycles. The zero-order chi connectivity index (χ0) is 13.5. The highest BCUT2D eigenvalue weighted by atomic mass is 79.9. The predicted octanol–water partition coefficient (Wildman–Crippen LogP) is 2.78. The number of amides is 1. The molecule has 1 aromatic rings. The summed E-state index contributed by atoms with van der Waals surface area (Å²) in [7, 11) is 0. The number of nitriles is 1. The Morgan fingerprint density at radius 2 is 2.33 bits per heavy atom. The largest absolute Gasteiger partial charge is 0.324 e. The highest BCUT2D eigenvalue weighted by Crippen LogP contribution is 2.23. The number of carbonyl (C=O) groups is 1. The zero-order valence-electron chi connectivity index (χ0n) is 10.2. The summed E-state index contributed by atoms with van der Waals surface area (Å²) in [5, 5.41) is 11.5. The number of nitrogens with two attached hydrogens (primary N) is 1. The van der Waals surface area contributed by atoms with Crippen LogP contribution in [0.3, 0.4) is 0 Å². The molecule has 1 unspecified atom stereocenters. The van der Waals surface area contributed by atoms with Crippen molar-refractivity contribution in [3.8, 4) is 6.07 Å². The van der Waals surface area contributed by atoms with Crippen molar-refractivity contribution in [1.29, 1.82) is 5.26 Å². The maximum Gasteiger partial charge on any atom is 0.241 e. The fraction of sp³-hybridized carbons (Fsp3) is 0.385. The second-order valence-electron chi connectivity index (χ2n) is 4.04. The van der Waals surface area contributed by atoms with Crippen LogP contribution in [0, 0.1) is 11.3 Å². The Labute approximate surface area is 115 Å². The van der Waals surface area contributed by atoms with E-state index in [-0.39, 0.29) is 5.91 Å². The van der Waals surface area contributed by atoms with Gasteiger partial charge in [-0.25, -0.2) is 0 Å². The van der Waals surface area contributed by atoms with Gasteiger partial charge in [0.1, 0.15) is 0 Å². The van der Waals surface area contributed by atoms with E-state index in [9.17, 15) is 4.79 Å². The molecule has 18 heavy (non-hydrogen) atoms. The molecule has 0 aliphatic carbocycles. The molecule has 0 spiro atoms. The predicted molar refractivity (Wildman–Crippen MR) is 75.0 cm³/mol. The third kappa shape index (κ3) is 4.13. The van der Waals surface area contributed by atoms with Crippen molar-refractivity contribution in [1.82, 2.24) is 0 Å². The summed E-state index contributed by atoms with van der Waals surface area (Å²) in [5.41, 5.74) is 6.95. The number of anilines is 1. The summed E-state index contributed by atoms with van der Waals surface area (Å²) in [6.45, 7) is 2.06. The number of nitrogens with zero attached hydrogens (tertiary/aromatic N) is 1. The minimum absolute atomic E-state index is 0.200. The van der Waals surface area contributed by atoms with E-state index >= 15 is 0 Å². The van der Waals surface area contributed by atoms with Crippen LogP contribution < -0.4 is 11.1 Å². The number of halogens is 1. The SMILES string of the molecule is CCCCC(N)C(=O)Nc1ccc(C#N)cc1Br. The van der Waals surface area contributed by atoms with Crippen molar-refractivity contribution in [3.05, 3.63) is 28.2 Å². The Hall–Kier alpha value is -1.38. The smallest absolute Gasteiger partial charge is 0.241 e. The molecule has 0 aliphatic rings. The third-order valence-electron chi connectivity index (χ3n) is 2.56. The lowest BCUT2D eigenvalue weighted by Crippen LogP contribution is -2.35. The van der Waals surface area contributed by atoms with Crippen LogP contribution in [0.1, 0.15) is 31.7 Å². The quantitative estimate of drug-likeness (QED) is 0.877. The molecule has 0 aromatic heterocycles. The lowest BCUT2D eigenvalue weighted by Gasteiger charge is -2.12. The highest BCUT2D eigenvalue weighted by molar-refractivity contribution is 9.10. The maximum atomic E-state index is 11.8. The van der Waals surface area contributed by atoms with Gasteiger partial charge in [0.05, 0.1) is 23.4 Å². The van der Waals surface area contributed by atoms with Gasteiger partial charge in [-0.15, -0.1) is 0 Å². The van der Waals surface area contributed by atoms with Crippen molar-refractivity contribution < 1.29 is 4.79 Å². The van der Waals surface area contributed by atoms with E-state index in [1.54, 1.807) is 18.2 Å². The van der Waals surface area contributed by atoms with Crippen molar-refractivity contribution in [2.45, 2.75) is 32.2 Å². The highest BCUT2D eigenvalue weighted by Gasteiger charge is 2.14. The molecule has 0 heterocycles. The summed E-state index contributed by atoms with van der Waals surface area (Å²) in [4.78, 5) is 11.8. The molecule has 96 valence electrons. The number of rotatable bonds is 5. The Balaban J connectivity index is 2.67. The first-order valence-electron chi connectivity index (χ1n) is 5.84. The summed E-state index contributed by atoms with van der Waals surface area (Å²) >= 11 is 3.31. The summed E-state index contributed by atoms with van der Waals surface area (Å²) in [5.74, 6) is -0.200. The molecule has 5 heteroatoms. The standard InChI is InChI=1S/C13H16BrN3O/c1-2-3-4-11(16)13(18)17-12-6-5-9(8-15)7-10(12)14/h5-7,11H,2-4,16H2,1H3,(H,17,18). The van der Waals surface area contributed by atoms with Crippen molar-refractivity contribution in [3.63, 3.8) is 0 Å². The number of carbonyl (C=O) groups excluding carboxylic acids is 1. The molecule has 1 aromatic carbocycles. The van der Waals surface area contributed by atoms with Gasteiger partial charge in [-0.1, -0.05) is 19.8 Å². The number of nitrogens with one attached hydrogen (secondary N) is 1. The average Bonchev–Trinajstić information content (AvgIpc) is 2.38. The Kier molecular flexibility index (Phi) is 5.83. The van der Waals surface area contributed by atoms with Gasteiger partial charge in [0, 0.05) is 4.47 Å². The van der Waals surface area contributed by atoms with Gasteiger partial charge in [-0.3, -0.25) is 4.79 Å². The zero-order valence-corrected chi connectivity index (χ0v) is 11.8. The topological polar surface area (TPSA) is 78.9 Å². The van der Waals surface area contributed by atoms with Crippen LogP contribution in [0.4, 0.5) is 5.69 Å². The fourth-order valence-corrected chi connectivity index (χ4v) is 1.94. The molecular weight excluding hydrogens is 294 g/mol. The second-order valence-corrected chi connectivity index (χ2v) is 4.90. The monoisotopic (exact) mass is 309 g/mol. The minimum atomic E-state index is -0.493. The van der Waals surface area contributed by atoms with Crippen LogP contribution in [-0.2, 0) is 4.79 Å². The van der Waals surface area contributed by atoms with Gasteiger partial charge in [-0.2, -0.15) is 5.26 Å². The molecule has 0 aliphatic heterocycles. The molecular formula is C13H16BrN3O. The second kappa shape index (κ2) is 7.14. The van der Waals surface area contributed by atoms with Crippen molar-refractivity contribution in [2.75, 3.05) is 5.32 Å². The van der Waals surface area contributed by atoms with Crippen LogP contribution in [0.15, 0.2) is 22.7 Å². The number of hydrogen-bond donors (Lipinski definition) is 2. The van der Waals surface area contributed by atoms with Gasteiger partial charge in [0.15, 0.2) is 0 Å². The first-order chi connectivity index (χ1) is 8.58. The molecule has 4 nitrogen and oxygen atoms in total. The van der Waals surface area contributed by atoms with E-state index in [0.717, 1.165) is 12.8 Å². The van der Waals surface area contributed by atoms with Crippen molar-refractivity contribution in [2.24, 2.45) is 5.73 Å². The molecule has 3 N–H and O–H groups in total. The first kappa shape index (κ1) is 14.7. The van der Waals surface area contributed by atoms with E-state index in [1.807, 2.05) is 6.07 Å². The van der Waals surface area contributed by atoms with E-state index in [4.69, 9.17) is 11.0 Å². The van der Waals surface area contributed by atoms with Gasteiger partial charge in [0.2, 0.25) is 5.91 Å². The molecule has 0 fully saturated rings. The van der Waals surface area contributed by atoms with Crippen LogP contribution in [0.25, 0.3) is 0 Å². The Bertz CT molecular complexity index is 468. The molecule has 0 bridgehead atoms. The molecule has 1 amide bonds. The molecule has 1 atom stereocenters. The van der Waals surface area contributed by atoms with Gasteiger partial charge < -0.3 is 11.1 Å². The Morgan fingerprint density at radius 3 is 2.89 bits per heavy atom. The van der Waals surface area contributed by atoms with E-state index < -0.39 is 6.04 Å². The van der Waals surface area contributed by atoms with Crippen LogP contribution in [-0.4, -0.2) is 11.9 Å². The molecule has 0 saturated heterocycles. The molecule has 1 rings (SSSR count). The van der Waals surface area contributed by atoms with E-state index in [0.29, 0.717) is 22.1 Å². The Morgan fingerprint density at radius 1 is 1.61 bits per heavy atom. The lowest BCUT2D eigenvalue weighted by atomic mass is 10.1. The minimum Gasteiger partial charge on any atom is -0.324 e. The summed E-state index contributed by atoms with van der Waals surface area (Å²) in [6.07, 6.45) is 2.63. The summed E-state index contributed by atoms with van der Waals surface area (Å²) < 4.78 is 0.678. The third-order valence-corrected chi connectivity index (χ3v) is 3.22. The molecule has 0 radical (unpaired) electrons. The average molecular weight is 310 g/mol. The van der Waals surface area contributed by atoms with Crippen LogP contribution in [0.5, 0.6) is 0 Å². The first-order valence-corrected chi connectivity index (χ1v) is 6.64. The lowest BCUT2D eigenvalue weighted by molar-refractivity contribution is -0.117. The van der Waals surface area contributed by atoms with Gasteiger partial charge in [0.25, 0.3) is 0 Å². The van der Waals surface area contributed by atoms with Crippen LogP contribution in [0.2, 0.25) is 0 Å². The maximum absolute atomic E-state index is 11.8. The number of hydrogen-bond acceptors (Lipinski definition) is 3. The van der Waals surface area contributed by atoms with Gasteiger partial charge >= 0.3 is 0 Å². The number of benzene rings is 1. The van der Waals surface area contributed by atoms with Crippen molar-refractivity contribution >= 4 is 27.5 Å². The van der Waals surface area contributed by atoms with E-state index in [2.05, 4.69) is 28.2 Å². The van der Waals surface area contributed by atoms with E-state index in [1.165, 1.54) is 0 Å². The van der Waals surface area contributed by atoms with Crippen LogP contribution >= 0.6 is 15.9 Å². The number of unbranched alkanes of at least 4 members (excludes halogenated alkanes) is 1.